The summed E-state index contributed by atoms with van der Waals surface area (Å²) in [5.74, 6) is -1.24. The van der Waals surface area contributed by atoms with Crippen molar-refractivity contribution in [1.82, 2.24) is 10.3 Å². The number of carbonyl (C=O) groups excluding carboxylic acids is 1. The van der Waals surface area contributed by atoms with Crippen molar-refractivity contribution in [1.29, 1.82) is 0 Å². The molecule has 1 aromatic carbocycles. The Hall–Kier alpha value is -2.17. The molecule has 140 valence electrons. The number of halogens is 1. The SMILES string of the molecule is Cc1cc(C(=O)NC2C(O)O[C@H](CO)C(O)[C@@H]2O)c2cc(F)ccc2n1. The fraction of sp³-hybridized carbons (Fsp3) is 0.412. The Morgan fingerprint density at radius 1 is 1.27 bits per heavy atom. The van der Waals surface area contributed by atoms with Crippen LogP contribution in [0.25, 0.3) is 10.9 Å². The van der Waals surface area contributed by atoms with E-state index in [1.54, 1.807) is 6.92 Å². The number of amides is 1. The second-order valence-electron chi connectivity index (χ2n) is 6.20. The van der Waals surface area contributed by atoms with Crippen molar-refractivity contribution in [3.8, 4) is 0 Å². The third-order valence-corrected chi connectivity index (χ3v) is 4.34. The third kappa shape index (κ3) is 3.39. The van der Waals surface area contributed by atoms with Gasteiger partial charge in [-0.25, -0.2) is 4.39 Å². The lowest BCUT2D eigenvalue weighted by atomic mass is 9.96. The average Bonchev–Trinajstić information content (AvgIpc) is 2.61. The van der Waals surface area contributed by atoms with E-state index >= 15 is 0 Å². The number of nitrogens with one attached hydrogen (secondary N) is 1. The summed E-state index contributed by atoms with van der Waals surface area (Å²) >= 11 is 0. The van der Waals surface area contributed by atoms with Gasteiger partial charge in [0.05, 0.1) is 17.7 Å². The number of carbonyl (C=O) groups is 1. The quantitative estimate of drug-likeness (QED) is 0.481. The van der Waals surface area contributed by atoms with Crippen LogP contribution in [-0.4, -0.2) is 68.6 Å². The van der Waals surface area contributed by atoms with Gasteiger partial charge < -0.3 is 30.5 Å². The van der Waals surface area contributed by atoms with E-state index in [0.29, 0.717) is 11.2 Å². The molecule has 0 radical (unpaired) electrons. The van der Waals surface area contributed by atoms with E-state index in [1.807, 2.05) is 0 Å². The Labute approximate surface area is 147 Å². The fourth-order valence-corrected chi connectivity index (χ4v) is 3.00. The first-order chi connectivity index (χ1) is 12.3. The molecule has 1 amide bonds. The lowest BCUT2D eigenvalue weighted by Gasteiger charge is -2.40. The summed E-state index contributed by atoms with van der Waals surface area (Å²) in [6, 6.07) is 3.95. The number of rotatable bonds is 3. The van der Waals surface area contributed by atoms with Gasteiger partial charge in [-0.2, -0.15) is 0 Å². The molecule has 5 atom stereocenters. The predicted octanol–water partition coefficient (Wildman–Crippen LogP) is -0.788. The van der Waals surface area contributed by atoms with Crippen molar-refractivity contribution in [3.05, 3.63) is 41.3 Å². The predicted molar refractivity (Wildman–Crippen MR) is 87.7 cm³/mol. The van der Waals surface area contributed by atoms with Crippen LogP contribution in [-0.2, 0) is 4.74 Å². The molecule has 3 rings (SSSR count). The normalized spacial score (nSPS) is 28.9. The van der Waals surface area contributed by atoms with E-state index in [1.165, 1.54) is 18.2 Å². The van der Waals surface area contributed by atoms with E-state index < -0.39 is 49.0 Å². The molecule has 26 heavy (non-hydrogen) atoms. The smallest absolute Gasteiger partial charge is 0.252 e. The van der Waals surface area contributed by atoms with E-state index in [2.05, 4.69) is 10.3 Å². The third-order valence-electron chi connectivity index (χ3n) is 4.34. The summed E-state index contributed by atoms with van der Waals surface area (Å²) < 4.78 is 18.6. The van der Waals surface area contributed by atoms with Gasteiger partial charge >= 0.3 is 0 Å². The second kappa shape index (κ2) is 7.22. The molecule has 9 heteroatoms. The summed E-state index contributed by atoms with van der Waals surface area (Å²) in [5, 5.41) is 41.7. The highest BCUT2D eigenvalue weighted by molar-refractivity contribution is 6.06. The van der Waals surface area contributed by atoms with Crippen molar-refractivity contribution in [2.45, 2.75) is 37.6 Å². The Kier molecular flexibility index (Phi) is 5.17. The van der Waals surface area contributed by atoms with E-state index in [-0.39, 0.29) is 10.9 Å². The number of nitrogens with zero attached hydrogens (tertiary/aromatic N) is 1. The van der Waals surface area contributed by atoms with Gasteiger partial charge in [0.25, 0.3) is 5.91 Å². The van der Waals surface area contributed by atoms with Crippen LogP contribution in [0.3, 0.4) is 0 Å². The van der Waals surface area contributed by atoms with Gasteiger partial charge in [-0.15, -0.1) is 0 Å². The van der Waals surface area contributed by atoms with Gasteiger partial charge in [-0.05, 0) is 31.2 Å². The van der Waals surface area contributed by atoms with Crippen LogP contribution in [0.1, 0.15) is 16.1 Å². The molecular formula is C17H19FN2O6. The summed E-state index contributed by atoms with van der Waals surface area (Å²) in [6.45, 7) is 1.06. The van der Waals surface area contributed by atoms with Crippen molar-refractivity contribution >= 4 is 16.8 Å². The van der Waals surface area contributed by atoms with Crippen LogP contribution < -0.4 is 5.32 Å². The average molecular weight is 366 g/mol. The van der Waals surface area contributed by atoms with E-state index in [4.69, 9.17) is 9.84 Å². The molecule has 0 spiro atoms. The largest absolute Gasteiger partial charge is 0.394 e. The monoisotopic (exact) mass is 366 g/mol. The molecule has 1 fully saturated rings. The fourth-order valence-electron chi connectivity index (χ4n) is 3.00. The number of aromatic nitrogens is 1. The van der Waals surface area contributed by atoms with Gasteiger partial charge in [-0.1, -0.05) is 0 Å². The van der Waals surface area contributed by atoms with Crippen LogP contribution in [0.5, 0.6) is 0 Å². The van der Waals surface area contributed by atoms with Gasteiger partial charge in [-0.3, -0.25) is 9.78 Å². The molecule has 1 aromatic heterocycles. The molecule has 1 saturated heterocycles. The highest BCUT2D eigenvalue weighted by atomic mass is 19.1. The minimum Gasteiger partial charge on any atom is -0.394 e. The molecular weight excluding hydrogens is 347 g/mol. The number of benzene rings is 1. The van der Waals surface area contributed by atoms with Crippen molar-refractivity contribution in [3.63, 3.8) is 0 Å². The Morgan fingerprint density at radius 2 is 2.00 bits per heavy atom. The second-order valence-corrected chi connectivity index (χ2v) is 6.20. The molecule has 1 aliphatic heterocycles. The van der Waals surface area contributed by atoms with Gasteiger partial charge in [0, 0.05) is 11.1 Å². The topological polar surface area (TPSA) is 132 Å². The Morgan fingerprint density at radius 3 is 2.69 bits per heavy atom. The van der Waals surface area contributed by atoms with Crippen molar-refractivity contribution in [2.75, 3.05) is 6.61 Å². The molecule has 5 N–H and O–H groups in total. The minimum absolute atomic E-state index is 0.102. The zero-order valence-electron chi connectivity index (χ0n) is 13.8. The summed E-state index contributed by atoms with van der Waals surface area (Å²) in [6.07, 6.45) is -5.88. The number of ether oxygens (including phenoxy) is 1. The molecule has 2 heterocycles. The molecule has 0 aliphatic carbocycles. The summed E-state index contributed by atoms with van der Waals surface area (Å²) in [4.78, 5) is 16.9. The van der Waals surface area contributed by atoms with Crippen LogP contribution in [0.15, 0.2) is 24.3 Å². The molecule has 2 aromatic rings. The number of hydrogen-bond donors (Lipinski definition) is 5. The number of pyridine rings is 1. The Balaban J connectivity index is 1.91. The standard InChI is InChI=1S/C17H19FN2O6/c1-7-4-10(9-5-8(18)2-3-11(9)19-7)16(24)20-13-15(23)14(22)12(6-21)26-17(13)25/h2-5,12-15,17,21-23,25H,6H2,1H3,(H,20,24)/t12-,13?,14?,15-,17?/m1/s1. The van der Waals surface area contributed by atoms with Gasteiger partial charge in [0.1, 0.15) is 30.2 Å². The van der Waals surface area contributed by atoms with Gasteiger partial charge in [0.15, 0.2) is 6.29 Å². The van der Waals surface area contributed by atoms with Crippen molar-refractivity contribution in [2.24, 2.45) is 0 Å². The van der Waals surface area contributed by atoms with E-state index in [0.717, 1.165) is 6.07 Å². The molecule has 0 bridgehead atoms. The zero-order chi connectivity index (χ0) is 19.0. The Bertz CT molecular complexity index is 832. The maximum atomic E-state index is 13.6. The van der Waals surface area contributed by atoms with E-state index in [9.17, 15) is 24.5 Å². The lowest BCUT2D eigenvalue weighted by Crippen LogP contribution is -2.64. The van der Waals surface area contributed by atoms with Crippen molar-refractivity contribution < 1.29 is 34.3 Å². The highest BCUT2D eigenvalue weighted by Crippen LogP contribution is 2.23. The first kappa shape index (κ1) is 18.6. The van der Waals surface area contributed by atoms with Crippen LogP contribution >= 0.6 is 0 Å². The molecule has 1 aliphatic rings. The van der Waals surface area contributed by atoms with Crippen LogP contribution in [0.2, 0.25) is 0 Å². The van der Waals surface area contributed by atoms with Crippen LogP contribution in [0.4, 0.5) is 4.39 Å². The number of aryl methyl sites for hydroxylation is 1. The highest BCUT2D eigenvalue weighted by Gasteiger charge is 2.44. The maximum absolute atomic E-state index is 13.6. The zero-order valence-corrected chi connectivity index (χ0v) is 13.8. The number of fused-ring (bicyclic) bond motifs is 1. The first-order valence-corrected chi connectivity index (χ1v) is 8.00. The molecule has 3 unspecified atom stereocenters. The lowest BCUT2D eigenvalue weighted by molar-refractivity contribution is -0.252. The maximum Gasteiger partial charge on any atom is 0.252 e. The number of hydrogen-bond acceptors (Lipinski definition) is 7. The first-order valence-electron chi connectivity index (χ1n) is 8.00. The summed E-state index contributed by atoms with van der Waals surface area (Å²) in [7, 11) is 0. The van der Waals surface area contributed by atoms with Crippen LogP contribution in [0, 0.1) is 12.7 Å². The minimum atomic E-state index is -1.64. The molecule has 8 nitrogen and oxygen atoms in total. The van der Waals surface area contributed by atoms with Gasteiger partial charge in [0.2, 0.25) is 0 Å². The number of aliphatic hydroxyl groups is 4. The summed E-state index contributed by atoms with van der Waals surface area (Å²) in [5.41, 5.74) is 1.04. The molecule has 0 saturated carbocycles. The number of aliphatic hydroxyl groups excluding tert-OH is 4.